The van der Waals surface area contributed by atoms with Crippen molar-refractivity contribution in [2.75, 3.05) is 32.7 Å². The number of rotatable bonds is 6. The second kappa shape index (κ2) is 9.35. The number of nitrogens with zero attached hydrogens (tertiary/aromatic N) is 2. The van der Waals surface area contributed by atoms with Crippen LogP contribution in [0, 0.1) is 0 Å². The average Bonchev–Trinajstić information content (AvgIpc) is 3.25. The van der Waals surface area contributed by atoms with Crippen LogP contribution in [-0.4, -0.2) is 56.3 Å². The first kappa shape index (κ1) is 25.1. The third-order valence-electron chi connectivity index (χ3n) is 4.94. The van der Waals surface area contributed by atoms with Crippen LogP contribution in [0.1, 0.15) is 16.9 Å². The fourth-order valence-corrected chi connectivity index (χ4v) is 4.70. The summed E-state index contributed by atoms with van der Waals surface area (Å²) in [6.07, 6.45) is -8.87. The minimum atomic E-state index is -5.16. The highest BCUT2D eigenvalue weighted by molar-refractivity contribution is 7.89. The lowest BCUT2D eigenvalue weighted by Gasteiger charge is -2.33. The van der Waals surface area contributed by atoms with Crippen LogP contribution in [0.15, 0.2) is 45.9 Å². The number of hydrogen-bond acceptors (Lipinski definition) is 5. The molecule has 0 spiro atoms. The summed E-state index contributed by atoms with van der Waals surface area (Å²) in [4.78, 5) is 12.6. The number of amides is 1. The van der Waals surface area contributed by atoms with Crippen molar-refractivity contribution in [2.45, 2.75) is 23.8 Å². The van der Waals surface area contributed by atoms with Gasteiger partial charge in [-0.25, -0.2) is 8.42 Å². The summed E-state index contributed by atoms with van der Waals surface area (Å²) in [5, 5.41) is 2.62. The highest BCUT2D eigenvalue weighted by Crippen LogP contribution is 2.37. The van der Waals surface area contributed by atoms with Crippen LogP contribution in [0.4, 0.5) is 26.3 Å². The van der Waals surface area contributed by atoms with E-state index in [1.165, 1.54) is 6.26 Å². The molecule has 2 heterocycles. The number of nitrogens with one attached hydrogen (secondary N) is 1. The van der Waals surface area contributed by atoms with Gasteiger partial charge in [0, 0.05) is 26.2 Å². The van der Waals surface area contributed by atoms with E-state index >= 15 is 0 Å². The van der Waals surface area contributed by atoms with E-state index in [0.717, 1.165) is 4.31 Å². The minimum absolute atomic E-state index is 0.0591. The Morgan fingerprint density at radius 3 is 2.03 bits per heavy atom. The molecule has 1 aliphatic rings. The highest BCUT2D eigenvalue weighted by Gasteiger charge is 2.39. The fraction of sp³-hybridized carbons (Fsp3) is 0.421. The van der Waals surface area contributed by atoms with Crippen molar-refractivity contribution in [3.63, 3.8) is 0 Å². The van der Waals surface area contributed by atoms with Crippen LogP contribution >= 0.6 is 0 Å². The van der Waals surface area contributed by atoms with Crippen molar-refractivity contribution in [2.24, 2.45) is 0 Å². The normalized spacial score (nSPS) is 16.7. The van der Waals surface area contributed by atoms with Gasteiger partial charge < -0.3 is 9.73 Å². The van der Waals surface area contributed by atoms with Crippen molar-refractivity contribution in [1.82, 2.24) is 14.5 Å². The summed E-state index contributed by atoms with van der Waals surface area (Å²) < 4.78 is 110. The van der Waals surface area contributed by atoms with Gasteiger partial charge in [-0.05, 0) is 30.3 Å². The van der Waals surface area contributed by atoms with Crippen molar-refractivity contribution in [3.05, 3.63) is 53.5 Å². The first-order valence-corrected chi connectivity index (χ1v) is 11.0. The molecule has 2 aromatic rings. The standard InChI is InChI=1S/C19H19F6N3O4S/c20-18(21,22)13-8-14(19(23,24)25)10-16(9-13)33(30,31)28-5-3-27(4-6-28)12-17(29)26-11-15-2-1-7-32-15/h1-2,7-10H,3-6,11-12H2,(H,26,29). The zero-order valence-electron chi connectivity index (χ0n) is 16.9. The molecular weight excluding hydrogens is 480 g/mol. The second-order valence-electron chi connectivity index (χ2n) is 7.28. The van der Waals surface area contributed by atoms with Gasteiger partial charge >= 0.3 is 12.4 Å². The summed E-state index contributed by atoms with van der Waals surface area (Å²) in [5.74, 6) is 0.189. The molecule has 14 heteroatoms. The SMILES string of the molecule is O=C(CN1CCN(S(=O)(=O)c2cc(C(F)(F)F)cc(C(F)(F)F)c2)CC1)NCc1ccco1. The number of halogens is 6. The number of hydrogen-bond donors (Lipinski definition) is 1. The molecule has 1 aromatic heterocycles. The zero-order valence-corrected chi connectivity index (χ0v) is 17.7. The molecule has 0 radical (unpaired) electrons. The lowest BCUT2D eigenvalue weighted by atomic mass is 10.1. The third kappa shape index (κ3) is 6.26. The van der Waals surface area contributed by atoms with Gasteiger partial charge in [0.2, 0.25) is 15.9 Å². The highest BCUT2D eigenvalue weighted by atomic mass is 32.2. The van der Waals surface area contributed by atoms with E-state index in [0.29, 0.717) is 5.76 Å². The molecule has 7 nitrogen and oxygen atoms in total. The quantitative estimate of drug-likeness (QED) is 0.619. The van der Waals surface area contributed by atoms with E-state index in [2.05, 4.69) is 5.32 Å². The van der Waals surface area contributed by atoms with Crippen molar-refractivity contribution in [1.29, 1.82) is 0 Å². The fourth-order valence-electron chi connectivity index (χ4n) is 3.21. The Kier molecular flexibility index (Phi) is 7.10. The smallest absolute Gasteiger partial charge is 0.416 e. The first-order valence-electron chi connectivity index (χ1n) is 9.58. The lowest BCUT2D eigenvalue weighted by Crippen LogP contribution is -2.51. The average molecular weight is 499 g/mol. The van der Waals surface area contributed by atoms with Gasteiger partial charge in [0.1, 0.15) is 5.76 Å². The van der Waals surface area contributed by atoms with Gasteiger partial charge in [0.05, 0.1) is 35.4 Å². The predicted molar refractivity (Wildman–Crippen MR) is 102 cm³/mol. The van der Waals surface area contributed by atoms with Crippen LogP contribution in [-0.2, 0) is 33.7 Å². The summed E-state index contributed by atoms with van der Waals surface area (Å²) in [6.45, 7) is -0.165. The molecule has 182 valence electrons. The van der Waals surface area contributed by atoms with Gasteiger partial charge in [-0.15, -0.1) is 0 Å². The van der Waals surface area contributed by atoms with E-state index in [9.17, 15) is 39.6 Å². The van der Waals surface area contributed by atoms with Gasteiger partial charge in [0.15, 0.2) is 0 Å². The van der Waals surface area contributed by atoms with Gasteiger partial charge in [0.25, 0.3) is 0 Å². The van der Waals surface area contributed by atoms with Gasteiger partial charge in [-0.1, -0.05) is 0 Å². The first-order chi connectivity index (χ1) is 15.3. The lowest BCUT2D eigenvalue weighted by molar-refractivity contribution is -0.143. The number of benzene rings is 1. The molecule has 1 aliphatic heterocycles. The van der Waals surface area contributed by atoms with Crippen LogP contribution in [0.2, 0.25) is 0 Å². The maximum atomic E-state index is 13.1. The summed E-state index contributed by atoms with van der Waals surface area (Å²) in [7, 11) is -4.63. The largest absolute Gasteiger partial charge is 0.467 e. The predicted octanol–water partition coefficient (Wildman–Crippen LogP) is 2.94. The van der Waals surface area contributed by atoms with Crippen LogP contribution in [0.5, 0.6) is 0 Å². The summed E-state index contributed by atoms with van der Waals surface area (Å²) in [5.41, 5.74) is -3.41. The maximum Gasteiger partial charge on any atom is 0.416 e. The molecule has 1 saturated heterocycles. The van der Waals surface area contributed by atoms with Crippen molar-refractivity contribution >= 4 is 15.9 Å². The topological polar surface area (TPSA) is 82.9 Å². The van der Waals surface area contributed by atoms with E-state index in [1.54, 1.807) is 17.0 Å². The molecule has 3 rings (SSSR count). The molecule has 0 saturated carbocycles. The maximum absolute atomic E-state index is 13.1. The van der Waals surface area contributed by atoms with Crippen LogP contribution < -0.4 is 5.32 Å². The van der Waals surface area contributed by atoms with E-state index < -0.39 is 38.4 Å². The minimum Gasteiger partial charge on any atom is -0.467 e. The molecule has 0 atom stereocenters. The van der Waals surface area contributed by atoms with E-state index in [-0.39, 0.29) is 63.4 Å². The number of piperazine rings is 1. The molecule has 1 fully saturated rings. The molecule has 1 amide bonds. The number of carbonyl (C=O) groups excluding carboxylic acids is 1. The van der Waals surface area contributed by atoms with Crippen LogP contribution in [0.25, 0.3) is 0 Å². The molecule has 0 bridgehead atoms. The van der Waals surface area contributed by atoms with E-state index in [4.69, 9.17) is 4.42 Å². The Bertz CT molecular complexity index is 1040. The Balaban J connectivity index is 1.67. The van der Waals surface area contributed by atoms with Crippen molar-refractivity contribution < 1.29 is 44.0 Å². The molecule has 0 aliphatic carbocycles. The Morgan fingerprint density at radius 2 is 1.55 bits per heavy atom. The summed E-state index contributed by atoms with van der Waals surface area (Å²) >= 11 is 0. The second-order valence-corrected chi connectivity index (χ2v) is 9.22. The Labute approximate surface area is 185 Å². The third-order valence-corrected chi connectivity index (χ3v) is 6.81. The summed E-state index contributed by atoms with van der Waals surface area (Å²) in [6, 6.07) is 3.58. The molecule has 1 N–H and O–H groups in total. The molecular formula is C19H19F6N3O4S. The molecule has 0 unspecified atom stereocenters. The number of carbonyl (C=O) groups is 1. The van der Waals surface area contributed by atoms with E-state index in [1.807, 2.05) is 0 Å². The molecule has 1 aromatic carbocycles. The van der Waals surface area contributed by atoms with Crippen molar-refractivity contribution in [3.8, 4) is 0 Å². The van der Waals surface area contributed by atoms with Gasteiger partial charge in [-0.3, -0.25) is 9.69 Å². The number of sulfonamides is 1. The Morgan fingerprint density at radius 1 is 0.970 bits per heavy atom. The Hall–Kier alpha value is -2.58. The zero-order chi connectivity index (χ0) is 24.4. The monoisotopic (exact) mass is 499 g/mol. The number of alkyl halides is 6. The number of furan rings is 1. The van der Waals surface area contributed by atoms with Gasteiger partial charge in [-0.2, -0.15) is 30.6 Å². The van der Waals surface area contributed by atoms with Crippen LogP contribution in [0.3, 0.4) is 0 Å². The molecule has 33 heavy (non-hydrogen) atoms.